The van der Waals surface area contributed by atoms with Crippen LogP contribution >= 0.6 is 15.9 Å². The van der Waals surface area contributed by atoms with Crippen LogP contribution in [-0.4, -0.2) is 32.6 Å². The van der Waals surface area contributed by atoms with Gasteiger partial charge in [0.25, 0.3) is 0 Å². The highest BCUT2D eigenvalue weighted by Gasteiger charge is 2.25. The van der Waals surface area contributed by atoms with Crippen molar-refractivity contribution in [1.29, 1.82) is 0 Å². The third kappa shape index (κ3) is 3.45. The van der Waals surface area contributed by atoms with E-state index in [0.29, 0.717) is 6.04 Å². The molecule has 0 N–H and O–H groups in total. The molecule has 1 aromatic rings. The van der Waals surface area contributed by atoms with E-state index in [4.69, 9.17) is 5.10 Å². The van der Waals surface area contributed by atoms with Crippen LogP contribution in [0.3, 0.4) is 0 Å². The van der Waals surface area contributed by atoms with Gasteiger partial charge >= 0.3 is 0 Å². The largest absolute Gasteiger partial charge is 0.294 e. The van der Waals surface area contributed by atoms with E-state index in [1.807, 2.05) is 0 Å². The molecule has 1 atom stereocenters. The first-order valence-electron chi connectivity index (χ1n) is 8.21. The Morgan fingerprint density at radius 2 is 2.05 bits per heavy atom. The molecule has 1 aliphatic carbocycles. The normalized spacial score (nSPS) is 24.8. The van der Waals surface area contributed by atoms with Crippen molar-refractivity contribution in [1.82, 2.24) is 14.7 Å². The molecule has 2 fully saturated rings. The number of likely N-dealkylation sites (tertiary alicyclic amines) is 1. The van der Waals surface area contributed by atoms with E-state index in [0.717, 1.165) is 17.9 Å². The van der Waals surface area contributed by atoms with Gasteiger partial charge in [0.1, 0.15) is 0 Å². The van der Waals surface area contributed by atoms with E-state index in [9.17, 15) is 0 Å². The van der Waals surface area contributed by atoms with Crippen LogP contribution in [-0.2, 0) is 6.54 Å². The molecule has 0 spiro atoms. The molecule has 1 saturated carbocycles. The number of nitrogens with zero attached hydrogens (tertiary/aromatic N) is 3. The highest BCUT2D eigenvalue weighted by Crippen LogP contribution is 2.29. The maximum absolute atomic E-state index is 4.84. The Hall–Kier alpha value is -0.350. The van der Waals surface area contributed by atoms with Crippen LogP contribution in [0, 0.1) is 0 Å². The lowest BCUT2D eigenvalue weighted by Gasteiger charge is -2.23. The van der Waals surface area contributed by atoms with Crippen molar-refractivity contribution in [2.24, 2.45) is 0 Å². The zero-order chi connectivity index (χ0) is 13.8. The summed E-state index contributed by atoms with van der Waals surface area (Å²) < 4.78 is 2.23. The zero-order valence-corrected chi connectivity index (χ0v) is 13.9. The van der Waals surface area contributed by atoms with Crippen molar-refractivity contribution in [3.05, 3.63) is 18.0 Å². The molecule has 4 heteroatoms. The molecular formula is C16H26BrN3. The molecule has 112 valence electrons. The highest BCUT2D eigenvalue weighted by molar-refractivity contribution is 9.09. The van der Waals surface area contributed by atoms with E-state index in [1.165, 1.54) is 63.6 Å². The summed E-state index contributed by atoms with van der Waals surface area (Å²) in [6.07, 6.45) is 12.9. The third-order valence-electron chi connectivity index (χ3n) is 4.90. The van der Waals surface area contributed by atoms with Gasteiger partial charge in [-0.1, -0.05) is 28.8 Å². The SMILES string of the molecule is BrCCCC1CCCN1Cc1ccn(C2CCCC2)n1. The number of hydrogen-bond acceptors (Lipinski definition) is 2. The fourth-order valence-electron chi connectivity index (χ4n) is 3.78. The Kier molecular flexibility index (Phi) is 5.16. The predicted molar refractivity (Wildman–Crippen MR) is 86.2 cm³/mol. The maximum atomic E-state index is 4.84. The molecule has 20 heavy (non-hydrogen) atoms. The molecule has 1 saturated heterocycles. The van der Waals surface area contributed by atoms with Gasteiger partial charge in [-0.15, -0.1) is 0 Å². The first-order valence-corrected chi connectivity index (χ1v) is 9.33. The average Bonchev–Trinajstić information content (AvgIpc) is 3.18. The van der Waals surface area contributed by atoms with Crippen molar-refractivity contribution < 1.29 is 0 Å². The molecule has 3 rings (SSSR count). The van der Waals surface area contributed by atoms with E-state index >= 15 is 0 Å². The molecule has 0 aromatic carbocycles. The molecule has 2 aliphatic rings. The van der Waals surface area contributed by atoms with Crippen molar-refractivity contribution >= 4 is 15.9 Å². The van der Waals surface area contributed by atoms with Gasteiger partial charge in [0, 0.05) is 24.1 Å². The van der Waals surface area contributed by atoms with E-state index < -0.39 is 0 Å². The number of halogens is 1. The Labute approximate surface area is 130 Å². The Morgan fingerprint density at radius 1 is 1.20 bits per heavy atom. The summed E-state index contributed by atoms with van der Waals surface area (Å²) in [6.45, 7) is 2.30. The van der Waals surface area contributed by atoms with E-state index in [1.54, 1.807) is 0 Å². The van der Waals surface area contributed by atoms with Gasteiger partial charge in [-0.3, -0.25) is 9.58 Å². The van der Waals surface area contributed by atoms with Crippen molar-refractivity contribution in [3.8, 4) is 0 Å². The summed E-state index contributed by atoms with van der Waals surface area (Å²) in [7, 11) is 0. The second kappa shape index (κ2) is 7.08. The monoisotopic (exact) mass is 339 g/mol. The fourth-order valence-corrected chi connectivity index (χ4v) is 4.11. The second-order valence-electron chi connectivity index (χ2n) is 6.32. The summed E-state index contributed by atoms with van der Waals surface area (Å²) in [5.74, 6) is 0. The first-order chi connectivity index (χ1) is 9.86. The summed E-state index contributed by atoms with van der Waals surface area (Å²) in [5.41, 5.74) is 1.27. The number of alkyl halides is 1. The van der Waals surface area contributed by atoms with Crippen molar-refractivity contribution in [2.45, 2.75) is 70.0 Å². The smallest absolute Gasteiger partial charge is 0.0765 e. The molecule has 1 aromatic heterocycles. The molecule has 3 nitrogen and oxygen atoms in total. The zero-order valence-electron chi connectivity index (χ0n) is 12.3. The molecule has 1 unspecified atom stereocenters. The first kappa shape index (κ1) is 14.6. The van der Waals surface area contributed by atoms with E-state index in [2.05, 4.69) is 37.8 Å². The molecule has 0 bridgehead atoms. The minimum absolute atomic E-state index is 0.673. The molecule has 1 aliphatic heterocycles. The van der Waals surface area contributed by atoms with Gasteiger partial charge in [0.05, 0.1) is 11.7 Å². The predicted octanol–water partition coefficient (Wildman–Crippen LogP) is 4.14. The van der Waals surface area contributed by atoms with Crippen LogP contribution in [0.15, 0.2) is 12.3 Å². The molecule has 0 radical (unpaired) electrons. The molecule has 2 heterocycles. The lowest BCUT2D eigenvalue weighted by atomic mass is 10.1. The third-order valence-corrected chi connectivity index (χ3v) is 5.46. The second-order valence-corrected chi connectivity index (χ2v) is 7.12. The lowest BCUT2D eigenvalue weighted by Crippen LogP contribution is -2.29. The van der Waals surface area contributed by atoms with Crippen LogP contribution in [0.1, 0.15) is 63.1 Å². The average molecular weight is 340 g/mol. The number of aromatic nitrogens is 2. The van der Waals surface area contributed by atoms with Gasteiger partial charge < -0.3 is 0 Å². The fraction of sp³-hybridized carbons (Fsp3) is 0.812. The van der Waals surface area contributed by atoms with Gasteiger partial charge in [0.2, 0.25) is 0 Å². The molecular weight excluding hydrogens is 314 g/mol. The summed E-state index contributed by atoms with van der Waals surface area (Å²) in [4.78, 5) is 2.64. The van der Waals surface area contributed by atoms with Gasteiger partial charge in [-0.25, -0.2) is 0 Å². The van der Waals surface area contributed by atoms with Crippen LogP contribution < -0.4 is 0 Å². The Bertz CT molecular complexity index is 412. The van der Waals surface area contributed by atoms with Gasteiger partial charge in [-0.2, -0.15) is 5.10 Å². The van der Waals surface area contributed by atoms with Crippen molar-refractivity contribution in [2.75, 3.05) is 11.9 Å². The summed E-state index contributed by atoms with van der Waals surface area (Å²) in [6, 6.07) is 3.69. The summed E-state index contributed by atoms with van der Waals surface area (Å²) in [5, 5.41) is 5.97. The van der Waals surface area contributed by atoms with Crippen LogP contribution in [0.4, 0.5) is 0 Å². The number of hydrogen-bond donors (Lipinski definition) is 0. The summed E-state index contributed by atoms with van der Waals surface area (Å²) >= 11 is 3.55. The van der Waals surface area contributed by atoms with Gasteiger partial charge in [-0.05, 0) is 51.1 Å². The quantitative estimate of drug-likeness (QED) is 0.726. The topological polar surface area (TPSA) is 21.1 Å². The van der Waals surface area contributed by atoms with Gasteiger partial charge in [0.15, 0.2) is 0 Å². The van der Waals surface area contributed by atoms with Crippen molar-refractivity contribution in [3.63, 3.8) is 0 Å². The molecule has 0 amide bonds. The maximum Gasteiger partial charge on any atom is 0.0765 e. The number of rotatable bonds is 6. The minimum atomic E-state index is 0.673. The standard InChI is InChI=1S/C16H26BrN3/c17-10-3-7-15-8-4-11-19(15)13-14-9-12-20(18-14)16-5-1-2-6-16/h9,12,15-16H,1-8,10-11,13H2. The Morgan fingerprint density at radius 3 is 2.85 bits per heavy atom. The van der Waals surface area contributed by atoms with E-state index in [-0.39, 0.29) is 0 Å². The van der Waals surface area contributed by atoms with Crippen LogP contribution in [0.2, 0.25) is 0 Å². The Balaban J connectivity index is 1.56. The van der Waals surface area contributed by atoms with Crippen LogP contribution in [0.5, 0.6) is 0 Å². The van der Waals surface area contributed by atoms with Crippen LogP contribution in [0.25, 0.3) is 0 Å². The highest BCUT2D eigenvalue weighted by atomic mass is 79.9. The minimum Gasteiger partial charge on any atom is -0.294 e. The lowest BCUT2D eigenvalue weighted by molar-refractivity contribution is 0.230.